The van der Waals surface area contributed by atoms with Crippen molar-refractivity contribution in [2.24, 2.45) is 0 Å². The topological polar surface area (TPSA) is 99.1 Å². The van der Waals surface area contributed by atoms with Gasteiger partial charge in [-0.25, -0.2) is 4.98 Å². The van der Waals surface area contributed by atoms with E-state index in [1.54, 1.807) is 48.9 Å². The highest BCUT2D eigenvalue weighted by molar-refractivity contribution is 6.21. The fourth-order valence-electron chi connectivity index (χ4n) is 5.56. The van der Waals surface area contributed by atoms with E-state index in [9.17, 15) is 14.9 Å². The molecule has 0 fully saturated rings. The van der Waals surface area contributed by atoms with Crippen LogP contribution in [0.5, 0.6) is 5.75 Å². The number of imidazole rings is 1. The third-order valence-corrected chi connectivity index (χ3v) is 7.86. The summed E-state index contributed by atoms with van der Waals surface area (Å²) in [6, 6.07) is 31.1. The number of nitrogens with one attached hydrogen (secondary N) is 1. The van der Waals surface area contributed by atoms with Gasteiger partial charge >= 0.3 is 0 Å². The lowest BCUT2D eigenvalue weighted by Crippen LogP contribution is -2.31. The molecule has 1 aliphatic heterocycles. The van der Waals surface area contributed by atoms with E-state index < -0.39 is 0 Å². The minimum atomic E-state index is -0.352. The Kier molecular flexibility index (Phi) is 7.84. The molecule has 43 heavy (non-hydrogen) atoms. The van der Waals surface area contributed by atoms with Crippen LogP contribution in [0, 0.1) is 18.3 Å². The normalized spacial score (nSPS) is 13.1. The molecule has 2 amide bonds. The van der Waals surface area contributed by atoms with Crippen molar-refractivity contribution in [3.63, 3.8) is 0 Å². The smallest absolute Gasteiger partial charge is 0.261 e. The van der Waals surface area contributed by atoms with Gasteiger partial charge in [-0.15, -0.1) is 0 Å². The molecule has 0 bridgehead atoms. The van der Waals surface area contributed by atoms with Crippen LogP contribution in [0.3, 0.4) is 0 Å². The Hall–Kier alpha value is -5.48. The number of hydrogen-bond donors (Lipinski definition) is 1. The molecule has 5 aromatic rings. The number of benzene rings is 4. The molecule has 0 spiro atoms. The highest BCUT2D eigenvalue weighted by Crippen LogP contribution is 2.33. The number of rotatable bonds is 10. The van der Waals surface area contributed by atoms with Crippen molar-refractivity contribution < 1.29 is 14.3 Å². The van der Waals surface area contributed by atoms with E-state index in [1.807, 2.05) is 30.3 Å². The second-order valence-electron chi connectivity index (χ2n) is 10.7. The number of carbonyl (C=O) groups is 2. The molecule has 1 unspecified atom stereocenters. The Bertz CT molecular complexity index is 1790. The van der Waals surface area contributed by atoms with Crippen LogP contribution in [0.4, 0.5) is 0 Å². The van der Waals surface area contributed by atoms with Crippen molar-refractivity contribution in [1.29, 1.82) is 5.26 Å². The average molecular weight is 567 g/mol. The van der Waals surface area contributed by atoms with E-state index in [2.05, 4.69) is 47.2 Å². The molecule has 212 valence electrons. The number of aromatic amines is 1. The number of H-pyrrole nitrogens is 1. The minimum absolute atomic E-state index is 0.243. The number of fused-ring (bicyclic) bond motifs is 1. The molecule has 1 N–H and O–H groups in total. The van der Waals surface area contributed by atoms with Gasteiger partial charge in [0.1, 0.15) is 11.9 Å². The lowest BCUT2D eigenvalue weighted by molar-refractivity contribution is 0.0652. The largest absolute Gasteiger partial charge is 0.484 e. The lowest BCUT2D eigenvalue weighted by Gasteiger charge is -2.22. The van der Waals surface area contributed by atoms with Crippen molar-refractivity contribution in [1.82, 2.24) is 14.9 Å². The van der Waals surface area contributed by atoms with Gasteiger partial charge in [0.25, 0.3) is 11.8 Å². The van der Waals surface area contributed by atoms with Crippen LogP contribution in [0.1, 0.15) is 61.2 Å². The first-order valence-corrected chi connectivity index (χ1v) is 14.3. The minimum Gasteiger partial charge on any atom is -0.484 e. The molecule has 1 aromatic heterocycles. The molecular weight excluding hydrogens is 536 g/mol. The van der Waals surface area contributed by atoms with E-state index in [4.69, 9.17) is 4.74 Å². The van der Waals surface area contributed by atoms with Gasteiger partial charge in [-0.05, 0) is 84.0 Å². The zero-order chi connectivity index (χ0) is 29.8. The van der Waals surface area contributed by atoms with Gasteiger partial charge < -0.3 is 9.72 Å². The van der Waals surface area contributed by atoms with E-state index in [0.29, 0.717) is 42.5 Å². The Balaban J connectivity index is 1.28. The monoisotopic (exact) mass is 566 g/mol. The van der Waals surface area contributed by atoms with Gasteiger partial charge in [0.2, 0.25) is 0 Å². The Morgan fingerprint density at radius 1 is 0.907 bits per heavy atom. The number of amides is 2. The maximum Gasteiger partial charge on any atom is 0.261 e. The zero-order valence-electron chi connectivity index (χ0n) is 23.8. The molecule has 0 radical (unpaired) electrons. The van der Waals surface area contributed by atoms with Crippen LogP contribution >= 0.6 is 0 Å². The molecule has 0 saturated carbocycles. The summed E-state index contributed by atoms with van der Waals surface area (Å²) >= 11 is 0. The Labute approximate surface area is 250 Å². The van der Waals surface area contributed by atoms with Crippen molar-refractivity contribution in [3.8, 4) is 22.9 Å². The first-order chi connectivity index (χ1) is 21.0. The van der Waals surface area contributed by atoms with Crippen LogP contribution in [0.2, 0.25) is 0 Å². The third kappa shape index (κ3) is 5.81. The number of nitrogens with zero attached hydrogens (tertiary/aromatic N) is 3. The van der Waals surface area contributed by atoms with Crippen molar-refractivity contribution >= 4 is 11.8 Å². The van der Waals surface area contributed by atoms with Crippen LogP contribution in [0.15, 0.2) is 104 Å². The van der Waals surface area contributed by atoms with Gasteiger partial charge in [-0.2, -0.15) is 5.26 Å². The van der Waals surface area contributed by atoms with Crippen LogP contribution in [-0.2, 0) is 12.8 Å². The summed E-state index contributed by atoms with van der Waals surface area (Å²) in [4.78, 5) is 34.6. The number of aromatic nitrogens is 2. The summed E-state index contributed by atoms with van der Waals surface area (Å²) in [5, 5.41) is 9.19. The van der Waals surface area contributed by atoms with E-state index in [-0.39, 0.29) is 17.9 Å². The summed E-state index contributed by atoms with van der Waals surface area (Å²) in [5.41, 5.74) is 7.77. The highest BCUT2D eigenvalue weighted by Gasteiger charge is 2.34. The lowest BCUT2D eigenvalue weighted by atomic mass is 9.96. The molecule has 7 nitrogen and oxygen atoms in total. The molecule has 0 aliphatic carbocycles. The molecular formula is C36H30N4O3. The number of ether oxygens (including phenoxy) is 1. The zero-order valence-corrected chi connectivity index (χ0v) is 23.8. The second-order valence-corrected chi connectivity index (χ2v) is 10.7. The van der Waals surface area contributed by atoms with Crippen LogP contribution < -0.4 is 4.74 Å². The maximum absolute atomic E-state index is 12.9. The summed E-state index contributed by atoms with van der Waals surface area (Å²) < 4.78 is 6.70. The van der Waals surface area contributed by atoms with E-state index in [1.165, 1.54) is 10.5 Å². The number of imide groups is 1. The van der Waals surface area contributed by atoms with Crippen molar-refractivity contribution in [2.45, 2.75) is 32.3 Å². The maximum atomic E-state index is 12.9. The van der Waals surface area contributed by atoms with Crippen molar-refractivity contribution in [3.05, 3.63) is 143 Å². The van der Waals surface area contributed by atoms with Gasteiger partial charge in [-0.1, -0.05) is 54.6 Å². The number of carbonyl (C=O) groups excluding carboxylic acids is 2. The molecule has 7 heteroatoms. The fraction of sp³-hybridized carbons (Fsp3) is 0.167. The second kappa shape index (κ2) is 12.2. The molecule has 1 aliphatic rings. The molecule has 0 saturated heterocycles. The molecule has 2 heterocycles. The average Bonchev–Trinajstić information content (AvgIpc) is 3.66. The molecule has 6 rings (SSSR count). The third-order valence-electron chi connectivity index (χ3n) is 7.86. The van der Waals surface area contributed by atoms with E-state index >= 15 is 0 Å². The standard InChI is InChI=1S/C36H30N4O3/c1-24-7-2-3-9-29(24)27-16-17-33(43-34(32-22-38-23-39-32)19-25-12-14-26(21-37)15-13-25)28(20-27)8-6-18-40-35(41)30-10-4-5-11-31(30)36(40)42/h2-5,7,9-17,20,22-23,34H,6,8,18-19H2,1H3,(H,38,39). The van der Waals surface area contributed by atoms with Gasteiger partial charge in [0.05, 0.1) is 41.0 Å². The molecule has 1 atom stereocenters. The van der Waals surface area contributed by atoms with Gasteiger partial charge in [0.15, 0.2) is 0 Å². The Morgan fingerprint density at radius 2 is 1.60 bits per heavy atom. The van der Waals surface area contributed by atoms with Gasteiger partial charge in [-0.3, -0.25) is 14.5 Å². The number of hydrogen-bond acceptors (Lipinski definition) is 5. The molecule has 4 aromatic carbocycles. The van der Waals surface area contributed by atoms with Crippen LogP contribution in [-0.4, -0.2) is 33.2 Å². The number of aryl methyl sites for hydroxylation is 2. The van der Waals surface area contributed by atoms with E-state index in [0.717, 1.165) is 33.7 Å². The summed E-state index contributed by atoms with van der Waals surface area (Å²) in [6.07, 6.45) is 4.81. The summed E-state index contributed by atoms with van der Waals surface area (Å²) in [6.45, 7) is 2.41. The quantitative estimate of drug-likeness (QED) is 0.187. The van der Waals surface area contributed by atoms with Crippen molar-refractivity contribution in [2.75, 3.05) is 6.54 Å². The summed E-state index contributed by atoms with van der Waals surface area (Å²) in [7, 11) is 0. The SMILES string of the molecule is Cc1ccccc1-c1ccc(OC(Cc2ccc(C#N)cc2)c2cnc[nH]2)c(CCCN2C(=O)c3ccccc3C2=O)c1. The first-order valence-electron chi connectivity index (χ1n) is 14.3. The van der Waals surface area contributed by atoms with Crippen LogP contribution in [0.25, 0.3) is 11.1 Å². The predicted molar refractivity (Wildman–Crippen MR) is 164 cm³/mol. The highest BCUT2D eigenvalue weighted by atomic mass is 16.5. The predicted octanol–water partition coefficient (Wildman–Crippen LogP) is 6.85. The number of nitriles is 1. The summed E-state index contributed by atoms with van der Waals surface area (Å²) in [5.74, 6) is 0.243. The fourth-order valence-corrected chi connectivity index (χ4v) is 5.56. The first kappa shape index (κ1) is 27.7. The van der Waals surface area contributed by atoms with Gasteiger partial charge in [0, 0.05) is 13.0 Å². The Morgan fingerprint density at radius 3 is 2.26 bits per heavy atom.